The molecule has 0 aliphatic heterocycles. The topological polar surface area (TPSA) is 0 Å². The Morgan fingerprint density at radius 2 is 1.91 bits per heavy atom. The minimum atomic E-state index is -0.0631. The van der Waals surface area contributed by atoms with Gasteiger partial charge < -0.3 is 0 Å². The van der Waals surface area contributed by atoms with E-state index in [1.54, 1.807) is 6.07 Å². The lowest BCUT2D eigenvalue weighted by molar-refractivity contribution is 0.609. The summed E-state index contributed by atoms with van der Waals surface area (Å²) in [4.78, 5) is 0. The van der Waals surface area contributed by atoms with E-state index in [0.29, 0.717) is 0 Å². The summed E-state index contributed by atoms with van der Waals surface area (Å²) < 4.78 is 13.0. The molecule has 0 radical (unpaired) electrons. The molecule has 0 spiro atoms. The van der Waals surface area contributed by atoms with Crippen LogP contribution in [0.4, 0.5) is 4.39 Å². The van der Waals surface area contributed by atoms with Gasteiger partial charge in [-0.05, 0) is 30.0 Å². The van der Waals surface area contributed by atoms with E-state index in [-0.39, 0.29) is 5.82 Å². The van der Waals surface area contributed by atoms with Crippen LogP contribution in [0.15, 0.2) is 18.2 Å². The summed E-state index contributed by atoms with van der Waals surface area (Å²) in [6.45, 7) is 4.03. The number of hydrogen-bond acceptors (Lipinski definition) is 0. The van der Waals surface area contributed by atoms with Gasteiger partial charge in [-0.25, -0.2) is 4.39 Å². The lowest BCUT2D eigenvalue weighted by Gasteiger charge is -2.05. The first-order chi connectivity index (χ1) is 5.29. The highest BCUT2D eigenvalue weighted by molar-refractivity contribution is 5.28. The molecule has 0 atom stereocenters. The predicted molar refractivity (Wildman–Crippen MR) is 45.2 cm³/mol. The highest BCUT2D eigenvalue weighted by Crippen LogP contribution is 2.14. The average Bonchev–Trinajstić information content (AvgIpc) is 2.04. The fourth-order valence-electron chi connectivity index (χ4n) is 1.33. The molecule has 0 saturated heterocycles. The number of hydrogen-bond donors (Lipinski definition) is 0. The molecule has 1 aromatic carbocycles. The van der Waals surface area contributed by atoms with Crippen molar-refractivity contribution in [2.75, 3.05) is 0 Å². The van der Waals surface area contributed by atoms with Crippen LogP contribution in [-0.2, 0) is 12.8 Å². The molecule has 11 heavy (non-hydrogen) atoms. The minimum Gasteiger partial charge on any atom is -0.207 e. The summed E-state index contributed by atoms with van der Waals surface area (Å²) in [7, 11) is 0. The van der Waals surface area contributed by atoms with Crippen LogP contribution in [0.3, 0.4) is 0 Å². The van der Waals surface area contributed by atoms with E-state index in [4.69, 9.17) is 0 Å². The first-order valence-electron chi connectivity index (χ1n) is 4.05. The first-order valence-corrected chi connectivity index (χ1v) is 4.05. The largest absolute Gasteiger partial charge is 0.207 e. The van der Waals surface area contributed by atoms with Crippen molar-refractivity contribution in [3.8, 4) is 0 Å². The Balaban J connectivity index is 3.13. The molecule has 1 heteroatoms. The summed E-state index contributed by atoms with van der Waals surface area (Å²) in [5.74, 6) is -0.0631. The van der Waals surface area contributed by atoms with E-state index in [2.05, 4.69) is 0 Å². The van der Waals surface area contributed by atoms with E-state index in [0.717, 1.165) is 24.0 Å². The third-order valence-electron chi connectivity index (χ3n) is 1.95. The van der Waals surface area contributed by atoms with Gasteiger partial charge in [-0.3, -0.25) is 0 Å². The fraction of sp³-hybridized carbons (Fsp3) is 0.400. The highest BCUT2D eigenvalue weighted by Gasteiger charge is 2.02. The van der Waals surface area contributed by atoms with Crippen LogP contribution in [0, 0.1) is 5.82 Å². The van der Waals surface area contributed by atoms with Crippen molar-refractivity contribution < 1.29 is 4.39 Å². The number of halogens is 1. The molecule has 0 unspecified atom stereocenters. The number of aryl methyl sites for hydroxylation is 1. The van der Waals surface area contributed by atoms with Gasteiger partial charge in [-0.1, -0.05) is 26.0 Å². The van der Waals surface area contributed by atoms with E-state index in [9.17, 15) is 4.39 Å². The Kier molecular flexibility index (Phi) is 2.64. The van der Waals surface area contributed by atoms with Gasteiger partial charge >= 0.3 is 0 Å². The smallest absolute Gasteiger partial charge is 0.126 e. The molecular weight excluding hydrogens is 139 g/mol. The second kappa shape index (κ2) is 3.51. The van der Waals surface area contributed by atoms with Crippen LogP contribution < -0.4 is 0 Å². The monoisotopic (exact) mass is 152 g/mol. The Hall–Kier alpha value is -0.850. The van der Waals surface area contributed by atoms with Crippen LogP contribution in [0.5, 0.6) is 0 Å². The lowest BCUT2D eigenvalue weighted by Crippen LogP contribution is -1.94. The SMILES string of the molecule is CCc1cccc(F)c1CC. The molecule has 1 rings (SSSR count). The third-order valence-corrected chi connectivity index (χ3v) is 1.95. The van der Waals surface area contributed by atoms with E-state index < -0.39 is 0 Å². The molecule has 1 aromatic rings. The molecule has 0 fully saturated rings. The molecule has 0 saturated carbocycles. The maximum atomic E-state index is 13.0. The Morgan fingerprint density at radius 1 is 1.18 bits per heavy atom. The standard InChI is InChI=1S/C10H13F/c1-3-8-6-5-7-10(11)9(8)4-2/h5-7H,3-4H2,1-2H3. The molecular formula is C10H13F. The Bertz CT molecular complexity index is 241. The van der Waals surface area contributed by atoms with Crippen molar-refractivity contribution in [2.45, 2.75) is 26.7 Å². The van der Waals surface area contributed by atoms with Crippen molar-refractivity contribution in [3.05, 3.63) is 35.1 Å². The normalized spacial score (nSPS) is 10.1. The summed E-state index contributed by atoms with van der Waals surface area (Å²) in [5.41, 5.74) is 2.00. The van der Waals surface area contributed by atoms with Crippen molar-refractivity contribution in [1.29, 1.82) is 0 Å². The van der Waals surface area contributed by atoms with Crippen LogP contribution >= 0.6 is 0 Å². The quantitative estimate of drug-likeness (QED) is 0.611. The van der Waals surface area contributed by atoms with Crippen LogP contribution in [0.25, 0.3) is 0 Å². The van der Waals surface area contributed by atoms with Gasteiger partial charge in [0.15, 0.2) is 0 Å². The summed E-state index contributed by atoms with van der Waals surface area (Å²) in [6.07, 6.45) is 1.71. The molecule has 0 aliphatic rings. The summed E-state index contributed by atoms with van der Waals surface area (Å²) in [5, 5.41) is 0. The van der Waals surface area contributed by atoms with Gasteiger partial charge in [0.25, 0.3) is 0 Å². The maximum absolute atomic E-state index is 13.0. The van der Waals surface area contributed by atoms with Gasteiger partial charge in [0.2, 0.25) is 0 Å². The summed E-state index contributed by atoms with van der Waals surface area (Å²) >= 11 is 0. The average molecular weight is 152 g/mol. The molecule has 0 heterocycles. The second-order valence-corrected chi connectivity index (χ2v) is 2.58. The van der Waals surface area contributed by atoms with Gasteiger partial charge in [0.05, 0.1) is 0 Å². The molecule has 0 amide bonds. The predicted octanol–water partition coefficient (Wildman–Crippen LogP) is 2.95. The summed E-state index contributed by atoms with van der Waals surface area (Å²) in [6, 6.07) is 5.28. The second-order valence-electron chi connectivity index (χ2n) is 2.58. The van der Waals surface area contributed by atoms with E-state index >= 15 is 0 Å². The zero-order valence-electron chi connectivity index (χ0n) is 7.02. The van der Waals surface area contributed by atoms with Crippen LogP contribution in [-0.4, -0.2) is 0 Å². The van der Waals surface area contributed by atoms with Crippen molar-refractivity contribution in [1.82, 2.24) is 0 Å². The Morgan fingerprint density at radius 3 is 2.36 bits per heavy atom. The molecule has 0 N–H and O–H groups in total. The van der Waals surface area contributed by atoms with E-state index in [1.807, 2.05) is 19.9 Å². The number of benzene rings is 1. The fourth-order valence-corrected chi connectivity index (χ4v) is 1.33. The first kappa shape index (κ1) is 8.25. The van der Waals surface area contributed by atoms with Crippen molar-refractivity contribution in [2.24, 2.45) is 0 Å². The van der Waals surface area contributed by atoms with E-state index in [1.165, 1.54) is 6.07 Å². The highest BCUT2D eigenvalue weighted by atomic mass is 19.1. The third kappa shape index (κ3) is 1.59. The van der Waals surface area contributed by atoms with Gasteiger partial charge in [-0.2, -0.15) is 0 Å². The Labute approximate surface area is 67.1 Å². The molecule has 0 bridgehead atoms. The van der Waals surface area contributed by atoms with Crippen molar-refractivity contribution >= 4 is 0 Å². The zero-order valence-corrected chi connectivity index (χ0v) is 7.02. The number of rotatable bonds is 2. The van der Waals surface area contributed by atoms with Gasteiger partial charge in [-0.15, -0.1) is 0 Å². The minimum absolute atomic E-state index is 0.0631. The lowest BCUT2D eigenvalue weighted by atomic mass is 10.0. The van der Waals surface area contributed by atoms with Gasteiger partial charge in [0, 0.05) is 0 Å². The molecule has 0 nitrogen and oxygen atoms in total. The maximum Gasteiger partial charge on any atom is 0.126 e. The zero-order chi connectivity index (χ0) is 8.27. The van der Waals surface area contributed by atoms with Gasteiger partial charge in [0.1, 0.15) is 5.82 Å². The molecule has 0 aliphatic carbocycles. The molecule has 0 aromatic heterocycles. The van der Waals surface area contributed by atoms with Crippen LogP contribution in [0.1, 0.15) is 25.0 Å². The van der Waals surface area contributed by atoms with Crippen LogP contribution in [0.2, 0.25) is 0 Å². The molecule has 60 valence electrons. The van der Waals surface area contributed by atoms with Crippen molar-refractivity contribution in [3.63, 3.8) is 0 Å².